The minimum absolute atomic E-state index is 0.240. The fraction of sp³-hybridized carbons (Fsp3) is 0.714. The molecule has 0 bridgehead atoms. The first-order valence-corrected chi connectivity index (χ1v) is 9.79. The maximum Gasteiger partial charge on any atom is 0.252 e. The molecule has 1 aliphatic rings. The fourth-order valence-corrected chi connectivity index (χ4v) is 5.79. The highest BCUT2D eigenvalue weighted by atomic mass is 35.5. The standard InChI is InChI=1S/C14H22ClNO2S2/c1-14(2)7-3-10-16(11-8-14)20(17,18)13-5-4-12(19-13)6-9-15/h4-5H,3,6-11H2,1-2H3. The molecule has 1 aliphatic heterocycles. The summed E-state index contributed by atoms with van der Waals surface area (Å²) in [5, 5.41) is 0. The van der Waals surface area contributed by atoms with Gasteiger partial charge >= 0.3 is 0 Å². The van der Waals surface area contributed by atoms with E-state index in [1.807, 2.05) is 6.07 Å². The normalized spacial score (nSPS) is 20.8. The third-order valence-electron chi connectivity index (χ3n) is 3.87. The van der Waals surface area contributed by atoms with Gasteiger partial charge in [-0.25, -0.2) is 8.42 Å². The number of sulfonamides is 1. The summed E-state index contributed by atoms with van der Waals surface area (Å²) in [6, 6.07) is 3.60. The summed E-state index contributed by atoms with van der Waals surface area (Å²) in [4.78, 5) is 1.04. The van der Waals surface area contributed by atoms with Gasteiger partial charge < -0.3 is 0 Å². The maximum absolute atomic E-state index is 12.7. The molecule has 1 aromatic rings. The van der Waals surface area contributed by atoms with Gasteiger partial charge in [-0.05, 0) is 43.2 Å². The number of halogens is 1. The van der Waals surface area contributed by atoms with Crippen LogP contribution in [0.2, 0.25) is 0 Å². The van der Waals surface area contributed by atoms with Crippen molar-refractivity contribution in [2.45, 2.75) is 43.7 Å². The molecule has 2 rings (SSSR count). The van der Waals surface area contributed by atoms with E-state index in [0.29, 0.717) is 23.2 Å². The van der Waals surface area contributed by atoms with Gasteiger partial charge in [-0.15, -0.1) is 22.9 Å². The third kappa shape index (κ3) is 3.75. The van der Waals surface area contributed by atoms with Crippen LogP contribution in [0.15, 0.2) is 16.3 Å². The summed E-state index contributed by atoms with van der Waals surface area (Å²) in [5.74, 6) is 0.526. The number of rotatable bonds is 4. The molecular weight excluding hydrogens is 314 g/mol. The van der Waals surface area contributed by atoms with Crippen molar-refractivity contribution >= 4 is 33.0 Å². The van der Waals surface area contributed by atoms with Crippen LogP contribution in [0.4, 0.5) is 0 Å². The molecule has 0 N–H and O–H groups in total. The van der Waals surface area contributed by atoms with Crippen molar-refractivity contribution in [3.05, 3.63) is 17.0 Å². The molecule has 6 heteroatoms. The predicted octanol–water partition coefficient (Wildman–Crippen LogP) is 3.73. The van der Waals surface area contributed by atoms with Crippen LogP contribution in [-0.2, 0) is 16.4 Å². The van der Waals surface area contributed by atoms with Crippen LogP contribution in [0, 0.1) is 5.41 Å². The van der Waals surface area contributed by atoms with Gasteiger partial charge in [-0.1, -0.05) is 13.8 Å². The summed E-state index contributed by atoms with van der Waals surface area (Å²) >= 11 is 7.06. The second-order valence-corrected chi connectivity index (χ2v) is 9.79. The van der Waals surface area contributed by atoms with Crippen molar-refractivity contribution in [3.63, 3.8) is 0 Å². The Morgan fingerprint density at radius 2 is 2.05 bits per heavy atom. The van der Waals surface area contributed by atoms with E-state index in [0.717, 1.165) is 30.6 Å². The highest BCUT2D eigenvalue weighted by molar-refractivity contribution is 7.91. The SMILES string of the molecule is CC1(C)CCCN(S(=O)(=O)c2ccc(CCCl)s2)CC1. The average Bonchev–Trinajstić information content (AvgIpc) is 2.75. The van der Waals surface area contributed by atoms with Crippen molar-refractivity contribution in [1.29, 1.82) is 0 Å². The van der Waals surface area contributed by atoms with Crippen molar-refractivity contribution in [3.8, 4) is 0 Å². The van der Waals surface area contributed by atoms with Crippen LogP contribution in [0.1, 0.15) is 38.0 Å². The molecular formula is C14H22ClNO2S2. The summed E-state index contributed by atoms with van der Waals surface area (Å²) in [7, 11) is -3.32. The second kappa shape index (κ2) is 6.34. The average molecular weight is 336 g/mol. The van der Waals surface area contributed by atoms with Gasteiger partial charge in [0.05, 0.1) is 0 Å². The lowest BCUT2D eigenvalue weighted by atomic mass is 9.85. The van der Waals surface area contributed by atoms with Gasteiger partial charge in [0.2, 0.25) is 0 Å². The first-order chi connectivity index (χ1) is 9.35. The van der Waals surface area contributed by atoms with Gasteiger partial charge in [0.25, 0.3) is 10.0 Å². The van der Waals surface area contributed by atoms with E-state index in [1.165, 1.54) is 11.3 Å². The molecule has 0 radical (unpaired) electrons. The Kier molecular flexibility index (Phi) is 5.16. The highest BCUT2D eigenvalue weighted by Crippen LogP contribution is 2.33. The van der Waals surface area contributed by atoms with Gasteiger partial charge in [-0.2, -0.15) is 4.31 Å². The first-order valence-electron chi connectivity index (χ1n) is 7.00. The zero-order valence-corrected chi connectivity index (χ0v) is 14.5. The van der Waals surface area contributed by atoms with Crippen LogP contribution in [0.5, 0.6) is 0 Å². The van der Waals surface area contributed by atoms with Gasteiger partial charge in [-0.3, -0.25) is 0 Å². The van der Waals surface area contributed by atoms with Gasteiger partial charge in [0.1, 0.15) is 4.21 Å². The number of thiophene rings is 1. The lowest BCUT2D eigenvalue weighted by molar-refractivity contribution is 0.315. The lowest BCUT2D eigenvalue weighted by Crippen LogP contribution is -2.32. The topological polar surface area (TPSA) is 37.4 Å². The van der Waals surface area contributed by atoms with E-state index in [9.17, 15) is 8.42 Å². The predicted molar refractivity (Wildman–Crippen MR) is 85.1 cm³/mol. The molecule has 0 unspecified atom stereocenters. The van der Waals surface area contributed by atoms with Crippen molar-refractivity contribution in [1.82, 2.24) is 4.31 Å². The molecule has 0 atom stereocenters. The zero-order valence-electron chi connectivity index (χ0n) is 12.1. The molecule has 2 heterocycles. The van der Waals surface area contributed by atoms with Crippen LogP contribution in [-0.4, -0.2) is 31.7 Å². The molecule has 3 nitrogen and oxygen atoms in total. The Morgan fingerprint density at radius 1 is 1.30 bits per heavy atom. The largest absolute Gasteiger partial charge is 0.252 e. The lowest BCUT2D eigenvalue weighted by Gasteiger charge is -2.22. The third-order valence-corrected chi connectivity index (χ3v) is 7.57. The van der Waals surface area contributed by atoms with Gasteiger partial charge in [0, 0.05) is 23.8 Å². The van der Waals surface area contributed by atoms with Gasteiger partial charge in [0.15, 0.2) is 0 Å². The Balaban J connectivity index is 2.16. The van der Waals surface area contributed by atoms with E-state index >= 15 is 0 Å². The number of hydrogen-bond donors (Lipinski definition) is 0. The number of alkyl halides is 1. The minimum atomic E-state index is -3.32. The van der Waals surface area contributed by atoms with E-state index < -0.39 is 10.0 Å². The minimum Gasteiger partial charge on any atom is -0.206 e. The van der Waals surface area contributed by atoms with E-state index in [-0.39, 0.29) is 5.41 Å². The zero-order chi connectivity index (χ0) is 14.8. The maximum atomic E-state index is 12.7. The molecule has 1 aromatic heterocycles. The number of hydrogen-bond acceptors (Lipinski definition) is 3. The smallest absolute Gasteiger partial charge is 0.206 e. The van der Waals surface area contributed by atoms with E-state index in [4.69, 9.17) is 11.6 Å². The van der Waals surface area contributed by atoms with E-state index in [2.05, 4.69) is 13.8 Å². The quantitative estimate of drug-likeness (QED) is 0.786. The first kappa shape index (κ1) is 16.3. The molecule has 20 heavy (non-hydrogen) atoms. The Bertz CT molecular complexity index is 551. The monoisotopic (exact) mass is 335 g/mol. The number of nitrogens with zero attached hydrogens (tertiary/aromatic N) is 1. The van der Waals surface area contributed by atoms with Crippen LogP contribution in [0.25, 0.3) is 0 Å². The molecule has 0 aliphatic carbocycles. The Morgan fingerprint density at radius 3 is 2.75 bits per heavy atom. The van der Waals surface area contributed by atoms with Crippen molar-refractivity contribution in [2.75, 3.05) is 19.0 Å². The Labute approximate surface area is 131 Å². The Hall–Kier alpha value is -0.100. The molecule has 1 saturated heterocycles. The molecule has 0 saturated carbocycles. The molecule has 0 amide bonds. The molecule has 1 fully saturated rings. The molecule has 0 spiro atoms. The molecule has 114 valence electrons. The summed E-state index contributed by atoms with van der Waals surface area (Å²) in [6.07, 6.45) is 3.67. The van der Waals surface area contributed by atoms with Crippen molar-refractivity contribution < 1.29 is 8.42 Å². The second-order valence-electron chi connectivity index (χ2n) is 6.08. The summed E-state index contributed by atoms with van der Waals surface area (Å²) in [6.45, 7) is 5.69. The van der Waals surface area contributed by atoms with Crippen LogP contribution < -0.4 is 0 Å². The van der Waals surface area contributed by atoms with Crippen molar-refractivity contribution in [2.24, 2.45) is 5.41 Å². The summed E-state index contributed by atoms with van der Waals surface area (Å²) in [5.41, 5.74) is 0.240. The van der Waals surface area contributed by atoms with Crippen LogP contribution in [0.3, 0.4) is 0 Å². The number of aryl methyl sites for hydroxylation is 1. The fourth-order valence-electron chi connectivity index (χ4n) is 2.49. The summed E-state index contributed by atoms with van der Waals surface area (Å²) < 4.78 is 27.5. The molecule has 0 aromatic carbocycles. The van der Waals surface area contributed by atoms with E-state index in [1.54, 1.807) is 10.4 Å². The van der Waals surface area contributed by atoms with Crippen LogP contribution >= 0.6 is 22.9 Å². The highest BCUT2D eigenvalue weighted by Gasteiger charge is 2.31.